The van der Waals surface area contributed by atoms with Crippen LogP contribution >= 0.6 is 24.8 Å². The monoisotopic (exact) mass is 387 g/mol. The molecule has 25 heavy (non-hydrogen) atoms. The first kappa shape index (κ1) is 22.1. The number of rotatable bonds is 7. The summed E-state index contributed by atoms with van der Waals surface area (Å²) < 4.78 is 0. The van der Waals surface area contributed by atoms with E-state index in [4.69, 9.17) is 5.73 Å². The lowest BCUT2D eigenvalue weighted by molar-refractivity contribution is -0.127. The number of hydrogen-bond donors (Lipinski definition) is 2. The summed E-state index contributed by atoms with van der Waals surface area (Å²) in [4.78, 5) is 14.6. The van der Waals surface area contributed by atoms with Crippen molar-refractivity contribution < 1.29 is 4.79 Å². The first-order valence-corrected chi connectivity index (χ1v) is 8.96. The number of carbonyl (C=O) groups excluding carboxylic acids is 1. The van der Waals surface area contributed by atoms with E-state index < -0.39 is 0 Å². The number of benzene rings is 1. The van der Waals surface area contributed by atoms with Gasteiger partial charge in [-0.2, -0.15) is 0 Å². The van der Waals surface area contributed by atoms with Gasteiger partial charge in [0.15, 0.2) is 0 Å². The number of anilines is 1. The lowest BCUT2D eigenvalue weighted by atomic mass is 9.84. The van der Waals surface area contributed by atoms with Crippen molar-refractivity contribution in [2.45, 2.75) is 38.1 Å². The van der Waals surface area contributed by atoms with Crippen LogP contribution in [0.4, 0.5) is 5.69 Å². The number of nitrogens with one attached hydrogen (secondary N) is 1. The van der Waals surface area contributed by atoms with Gasteiger partial charge >= 0.3 is 0 Å². The van der Waals surface area contributed by atoms with Gasteiger partial charge in [0.25, 0.3) is 0 Å². The molecule has 0 aromatic heterocycles. The lowest BCUT2D eigenvalue weighted by Crippen LogP contribution is -2.45. The van der Waals surface area contributed by atoms with Gasteiger partial charge < -0.3 is 16.0 Å². The number of nitrogens with two attached hydrogens (primary N) is 1. The molecule has 2 aliphatic carbocycles. The Morgan fingerprint density at radius 1 is 1.16 bits per heavy atom. The molecule has 0 saturated heterocycles. The van der Waals surface area contributed by atoms with Crippen LogP contribution in [-0.4, -0.2) is 32.1 Å². The van der Waals surface area contributed by atoms with E-state index in [1.807, 2.05) is 6.07 Å². The van der Waals surface area contributed by atoms with Crippen molar-refractivity contribution >= 4 is 36.4 Å². The fraction of sp³-hybridized carbons (Fsp3) is 0.632. The summed E-state index contributed by atoms with van der Waals surface area (Å²) in [6, 6.07) is 10.5. The van der Waals surface area contributed by atoms with Gasteiger partial charge in [-0.25, -0.2) is 0 Å². The molecule has 0 heterocycles. The van der Waals surface area contributed by atoms with E-state index in [2.05, 4.69) is 41.5 Å². The first-order valence-electron chi connectivity index (χ1n) is 8.96. The second kappa shape index (κ2) is 10.2. The molecule has 2 aliphatic rings. The summed E-state index contributed by atoms with van der Waals surface area (Å²) in [5, 5.41) is 3.12. The highest BCUT2D eigenvalue weighted by Gasteiger charge is 2.48. The van der Waals surface area contributed by atoms with Gasteiger partial charge in [-0.15, -0.1) is 24.8 Å². The predicted octanol–water partition coefficient (Wildman–Crippen LogP) is 3.24. The molecule has 142 valence electrons. The largest absolute Gasteiger partial charge is 0.375 e. The molecule has 4 nitrogen and oxygen atoms in total. The SMILES string of the molecule is CN(CCCCNC(=O)C1C2CCC(C2)C1N)c1ccccc1.Cl.Cl. The standard InChI is InChI=1S/C19H29N3O.2ClH/c1-22(16-7-3-2-4-8-16)12-6-5-11-21-19(23)17-14-9-10-15(13-14)18(17)20;;/h2-4,7-8,14-15,17-18H,5-6,9-13,20H2,1H3,(H,21,23);2*1H. The number of unbranched alkanes of at least 4 members (excludes halogenated alkanes) is 1. The highest BCUT2D eigenvalue weighted by atomic mass is 35.5. The molecule has 6 heteroatoms. The second-order valence-electron chi connectivity index (χ2n) is 7.19. The summed E-state index contributed by atoms with van der Waals surface area (Å²) in [5.74, 6) is 1.40. The maximum absolute atomic E-state index is 12.4. The van der Waals surface area contributed by atoms with Crippen molar-refractivity contribution in [2.24, 2.45) is 23.5 Å². The van der Waals surface area contributed by atoms with Gasteiger partial charge in [0.2, 0.25) is 5.91 Å². The number of para-hydroxylation sites is 1. The first-order chi connectivity index (χ1) is 11.2. The molecule has 0 aliphatic heterocycles. The highest BCUT2D eigenvalue weighted by molar-refractivity contribution is 5.85. The van der Waals surface area contributed by atoms with Crippen molar-refractivity contribution in [1.82, 2.24) is 5.32 Å². The minimum Gasteiger partial charge on any atom is -0.375 e. The third-order valence-electron chi connectivity index (χ3n) is 5.70. The fourth-order valence-corrected chi connectivity index (χ4v) is 4.34. The van der Waals surface area contributed by atoms with Crippen molar-refractivity contribution in [1.29, 1.82) is 0 Å². The van der Waals surface area contributed by atoms with Crippen LogP contribution in [0.5, 0.6) is 0 Å². The van der Waals surface area contributed by atoms with Crippen molar-refractivity contribution in [3.05, 3.63) is 30.3 Å². The molecule has 2 bridgehead atoms. The van der Waals surface area contributed by atoms with Gasteiger partial charge in [0.1, 0.15) is 0 Å². The van der Waals surface area contributed by atoms with Gasteiger partial charge in [-0.1, -0.05) is 18.2 Å². The van der Waals surface area contributed by atoms with E-state index in [-0.39, 0.29) is 42.7 Å². The van der Waals surface area contributed by atoms with Crippen LogP contribution in [-0.2, 0) is 4.79 Å². The molecule has 3 N–H and O–H groups in total. The zero-order chi connectivity index (χ0) is 16.2. The average molecular weight is 388 g/mol. The summed E-state index contributed by atoms with van der Waals surface area (Å²) in [6.45, 7) is 1.77. The Morgan fingerprint density at radius 3 is 2.48 bits per heavy atom. The molecule has 1 amide bonds. The van der Waals surface area contributed by atoms with E-state index in [0.717, 1.165) is 25.9 Å². The number of fused-ring (bicyclic) bond motifs is 2. The molecule has 2 fully saturated rings. The highest BCUT2D eigenvalue weighted by Crippen LogP contribution is 2.47. The van der Waals surface area contributed by atoms with Crippen LogP contribution in [0.1, 0.15) is 32.1 Å². The smallest absolute Gasteiger partial charge is 0.224 e. The van der Waals surface area contributed by atoms with Crippen LogP contribution in [0.2, 0.25) is 0 Å². The number of nitrogens with zero attached hydrogens (tertiary/aromatic N) is 1. The van der Waals surface area contributed by atoms with Crippen LogP contribution in [0, 0.1) is 17.8 Å². The zero-order valence-corrected chi connectivity index (χ0v) is 16.5. The van der Waals surface area contributed by atoms with Gasteiger partial charge in [0.05, 0.1) is 5.92 Å². The average Bonchev–Trinajstić information content (AvgIpc) is 3.16. The Labute approximate surface area is 163 Å². The number of carbonyl (C=O) groups is 1. The molecule has 2 saturated carbocycles. The predicted molar refractivity (Wildman–Crippen MR) is 109 cm³/mol. The second-order valence-corrected chi connectivity index (χ2v) is 7.19. The Bertz CT molecular complexity index is 527. The maximum atomic E-state index is 12.4. The molecule has 1 aromatic rings. The zero-order valence-electron chi connectivity index (χ0n) is 14.9. The van der Waals surface area contributed by atoms with E-state index in [9.17, 15) is 4.79 Å². The third kappa shape index (κ3) is 5.25. The molecule has 4 unspecified atom stereocenters. The molecule has 4 atom stereocenters. The normalized spacial score (nSPS) is 26.5. The Morgan fingerprint density at radius 2 is 1.84 bits per heavy atom. The minimum atomic E-state index is 0. The van der Waals surface area contributed by atoms with Crippen LogP contribution in [0.3, 0.4) is 0 Å². The minimum absolute atomic E-state index is 0. The van der Waals surface area contributed by atoms with E-state index in [1.54, 1.807) is 0 Å². The summed E-state index contributed by atoms with van der Waals surface area (Å²) in [7, 11) is 2.11. The van der Waals surface area contributed by atoms with E-state index in [1.165, 1.54) is 24.9 Å². The summed E-state index contributed by atoms with van der Waals surface area (Å²) >= 11 is 0. The molecular weight excluding hydrogens is 357 g/mol. The number of amides is 1. The van der Waals surface area contributed by atoms with Crippen LogP contribution < -0.4 is 16.0 Å². The maximum Gasteiger partial charge on any atom is 0.224 e. The Kier molecular flexibility index (Phi) is 9.04. The molecule has 3 rings (SSSR count). The van der Waals surface area contributed by atoms with Gasteiger partial charge in [0, 0.05) is 31.9 Å². The van der Waals surface area contributed by atoms with Crippen LogP contribution in [0.15, 0.2) is 30.3 Å². The molecule has 0 spiro atoms. The Balaban J connectivity index is 0.00000156. The number of halogens is 2. The third-order valence-corrected chi connectivity index (χ3v) is 5.70. The van der Waals surface area contributed by atoms with Crippen LogP contribution in [0.25, 0.3) is 0 Å². The van der Waals surface area contributed by atoms with E-state index >= 15 is 0 Å². The van der Waals surface area contributed by atoms with Gasteiger partial charge in [-0.05, 0) is 56.1 Å². The Hall–Kier alpha value is -0.970. The molecule has 0 radical (unpaired) electrons. The fourth-order valence-electron chi connectivity index (χ4n) is 4.34. The lowest BCUT2D eigenvalue weighted by Gasteiger charge is -2.27. The number of hydrogen-bond acceptors (Lipinski definition) is 3. The summed E-state index contributed by atoms with van der Waals surface area (Å²) in [5.41, 5.74) is 7.47. The molecule has 1 aromatic carbocycles. The van der Waals surface area contributed by atoms with Gasteiger partial charge in [-0.3, -0.25) is 4.79 Å². The van der Waals surface area contributed by atoms with Crippen molar-refractivity contribution in [2.75, 3.05) is 25.0 Å². The van der Waals surface area contributed by atoms with Crippen molar-refractivity contribution in [3.63, 3.8) is 0 Å². The topological polar surface area (TPSA) is 58.4 Å². The molecular formula is C19H31Cl2N3O. The van der Waals surface area contributed by atoms with Crippen molar-refractivity contribution in [3.8, 4) is 0 Å². The van der Waals surface area contributed by atoms with E-state index in [0.29, 0.717) is 11.8 Å². The summed E-state index contributed by atoms with van der Waals surface area (Å²) in [6.07, 6.45) is 5.67. The quantitative estimate of drug-likeness (QED) is 0.705.